The first-order valence-electron chi connectivity index (χ1n) is 17.8. The molecule has 1 saturated heterocycles. The van der Waals surface area contributed by atoms with E-state index in [1.165, 1.54) is 51.8 Å². The molecule has 46 heavy (non-hydrogen) atoms. The summed E-state index contributed by atoms with van der Waals surface area (Å²) in [5.41, 5.74) is 3.39. The summed E-state index contributed by atoms with van der Waals surface area (Å²) >= 11 is -2.67. The van der Waals surface area contributed by atoms with Gasteiger partial charge in [0.15, 0.2) is 0 Å². The minimum absolute atomic E-state index is 0.104. The fourth-order valence-corrected chi connectivity index (χ4v) is 23.6. The van der Waals surface area contributed by atoms with E-state index in [1.54, 1.807) is 7.11 Å². The third-order valence-electron chi connectivity index (χ3n) is 9.50. The van der Waals surface area contributed by atoms with Crippen LogP contribution in [-0.2, 0) is 43.5 Å². The second kappa shape index (κ2) is 20.6. The van der Waals surface area contributed by atoms with Crippen molar-refractivity contribution in [2.75, 3.05) is 7.11 Å². The van der Waals surface area contributed by atoms with Gasteiger partial charge in [0.25, 0.3) is 0 Å². The molecule has 0 aromatic heterocycles. The first-order chi connectivity index (χ1) is 22.6. The van der Waals surface area contributed by atoms with E-state index in [0.29, 0.717) is 19.8 Å². The molecule has 0 spiro atoms. The van der Waals surface area contributed by atoms with E-state index in [4.69, 9.17) is 23.7 Å². The minimum atomic E-state index is -2.67. The number of methoxy groups -OCH3 is 1. The molecule has 1 aliphatic rings. The summed E-state index contributed by atoms with van der Waals surface area (Å²) in [4.78, 5) is 0. The fraction of sp³-hybridized carbons (Fsp3) is 0.550. The Balaban J connectivity index is 1.70. The van der Waals surface area contributed by atoms with E-state index < -0.39 is 30.8 Å². The van der Waals surface area contributed by atoms with Gasteiger partial charge >= 0.3 is 284 Å². The van der Waals surface area contributed by atoms with Crippen LogP contribution in [0.5, 0.6) is 0 Å². The molecular formula is C40H58O5Sn. The quantitative estimate of drug-likeness (QED) is 0.102. The van der Waals surface area contributed by atoms with Crippen molar-refractivity contribution in [1.82, 2.24) is 0 Å². The summed E-state index contributed by atoms with van der Waals surface area (Å²) in [7, 11) is 1.74. The number of unbranched alkanes of at least 4 members (excludes halogenated alkanes) is 3. The molecule has 4 rings (SSSR count). The van der Waals surface area contributed by atoms with Crippen LogP contribution in [0.25, 0.3) is 0 Å². The molecular weight excluding hydrogens is 679 g/mol. The molecule has 0 aliphatic carbocycles. The summed E-state index contributed by atoms with van der Waals surface area (Å²) in [6, 6.07) is 31.2. The average molecular weight is 738 g/mol. The van der Waals surface area contributed by atoms with Gasteiger partial charge in [-0.1, -0.05) is 0 Å². The third kappa shape index (κ3) is 11.5. The van der Waals surface area contributed by atoms with Crippen molar-refractivity contribution in [2.24, 2.45) is 0 Å². The normalized spacial score (nSPS) is 21.8. The number of rotatable bonds is 21. The van der Waals surface area contributed by atoms with Crippen LogP contribution in [0.3, 0.4) is 0 Å². The van der Waals surface area contributed by atoms with Gasteiger partial charge in [-0.15, -0.1) is 0 Å². The van der Waals surface area contributed by atoms with Crippen LogP contribution in [0.2, 0.25) is 17.7 Å². The SMILES string of the molecule is CCC[CH2][Sn]([CH2]CCC)([CH2]CCC)[CH2][C@H]1O[C@H](OC)[C@H](OCc2ccccc2)[C@@H](OCc2ccccc2)[C@@H]1OCc1ccccc1. The Morgan fingerprint density at radius 2 is 0.935 bits per heavy atom. The van der Waals surface area contributed by atoms with Gasteiger partial charge in [-0.05, 0) is 0 Å². The third-order valence-corrected chi connectivity index (χ3v) is 25.2. The monoisotopic (exact) mass is 738 g/mol. The summed E-state index contributed by atoms with van der Waals surface area (Å²) in [6.07, 6.45) is 5.95. The molecule has 0 saturated carbocycles. The molecule has 3 aromatic carbocycles. The van der Waals surface area contributed by atoms with E-state index in [2.05, 4.69) is 87.5 Å². The van der Waals surface area contributed by atoms with Crippen molar-refractivity contribution in [2.45, 2.75) is 128 Å². The van der Waals surface area contributed by atoms with Crippen LogP contribution in [-0.4, -0.2) is 56.2 Å². The molecule has 3 aromatic rings. The first-order valence-corrected chi connectivity index (χ1v) is 25.8. The molecule has 5 nitrogen and oxygen atoms in total. The van der Waals surface area contributed by atoms with Gasteiger partial charge in [0, 0.05) is 0 Å². The Hall–Kier alpha value is -1.74. The predicted molar refractivity (Wildman–Crippen MR) is 190 cm³/mol. The average Bonchev–Trinajstić information content (AvgIpc) is 3.11. The van der Waals surface area contributed by atoms with E-state index in [-0.39, 0.29) is 18.3 Å². The van der Waals surface area contributed by atoms with Crippen molar-refractivity contribution in [3.05, 3.63) is 108 Å². The van der Waals surface area contributed by atoms with Crippen molar-refractivity contribution in [3.8, 4) is 0 Å². The maximum atomic E-state index is 7.02. The topological polar surface area (TPSA) is 46.2 Å². The predicted octanol–water partition coefficient (Wildman–Crippen LogP) is 9.96. The van der Waals surface area contributed by atoms with Crippen molar-refractivity contribution in [3.63, 3.8) is 0 Å². The zero-order chi connectivity index (χ0) is 32.5. The van der Waals surface area contributed by atoms with Gasteiger partial charge in [0.2, 0.25) is 0 Å². The Morgan fingerprint density at radius 3 is 1.33 bits per heavy atom. The summed E-state index contributed by atoms with van der Waals surface area (Å²) in [5, 5.41) is 0. The van der Waals surface area contributed by atoms with E-state index >= 15 is 0 Å². The Bertz CT molecular complexity index is 1170. The molecule has 0 radical (unpaired) electrons. The van der Waals surface area contributed by atoms with Gasteiger partial charge in [-0.25, -0.2) is 0 Å². The van der Waals surface area contributed by atoms with Crippen LogP contribution >= 0.6 is 0 Å². The Morgan fingerprint density at radius 1 is 0.543 bits per heavy atom. The van der Waals surface area contributed by atoms with Gasteiger partial charge in [0.1, 0.15) is 0 Å². The molecule has 1 fully saturated rings. The molecule has 5 atom stereocenters. The van der Waals surface area contributed by atoms with E-state index in [1.807, 2.05) is 24.3 Å². The second-order valence-corrected chi connectivity index (χ2v) is 27.1. The number of hydrogen-bond donors (Lipinski definition) is 0. The standard InChI is InChI=1S/C28H31O5.3C4H9.Sn/c1-21-25(30-18-22-12-6-3-7-13-22)26(31-19-23-14-8-4-9-15-23)27(28(29-2)33-21)32-20-24-16-10-5-11-17-24;3*1-3-4-2;/h3-17,21,25-28H,1,18-20H2,2H3;3*1,3-4H2,2H3;/t21-,25-,26+,27-,28+;;;;/m1..../s1. The molecule has 0 amide bonds. The number of ether oxygens (including phenoxy) is 5. The zero-order valence-corrected chi connectivity index (χ0v) is 31.6. The summed E-state index contributed by atoms with van der Waals surface area (Å²) < 4.78 is 39.1. The fourth-order valence-electron chi connectivity index (χ4n) is 6.86. The van der Waals surface area contributed by atoms with Crippen LogP contribution < -0.4 is 0 Å². The molecule has 252 valence electrons. The van der Waals surface area contributed by atoms with Crippen LogP contribution in [0.15, 0.2) is 91.0 Å². The van der Waals surface area contributed by atoms with Gasteiger partial charge in [-0.3, -0.25) is 0 Å². The van der Waals surface area contributed by atoms with Crippen molar-refractivity contribution >= 4 is 18.4 Å². The second-order valence-electron chi connectivity index (χ2n) is 13.1. The number of benzene rings is 3. The Kier molecular flexibility index (Phi) is 16.6. The molecule has 1 aliphatic heterocycles. The van der Waals surface area contributed by atoms with Crippen molar-refractivity contribution < 1.29 is 23.7 Å². The maximum absolute atomic E-state index is 7.02. The van der Waals surface area contributed by atoms with E-state index in [9.17, 15) is 0 Å². The summed E-state index contributed by atoms with van der Waals surface area (Å²) in [6.45, 7) is 8.43. The molecule has 0 N–H and O–H groups in total. The zero-order valence-electron chi connectivity index (χ0n) is 28.8. The van der Waals surface area contributed by atoms with Crippen LogP contribution in [0.1, 0.15) is 76.0 Å². The van der Waals surface area contributed by atoms with Gasteiger partial charge in [0.05, 0.1) is 0 Å². The first kappa shape index (κ1) is 37.1. The number of hydrogen-bond acceptors (Lipinski definition) is 5. The molecule has 0 unspecified atom stereocenters. The van der Waals surface area contributed by atoms with Crippen LogP contribution in [0.4, 0.5) is 0 Å². The molecule has 1 heterocycles. The van der Waals surface area contributed by atoms with E-state index in [0.717, 1.165) is 21.1 Å². The van der Waals surface area contributed by atoms with Gasteiger partial charge in [-0.2, -0.15) is 0 Å². The van der Waals surface area contributed by atoms with Crippen molar-refractivity contribution in [1.29, 1.82) is 0 Å². The molecule has 0 bridgehead atoms. The summed E-state index contributed by atoms with van der Waals surface area (Å²) in [5.74, 6) is 0. The van der Waals surface area contributed by atoms with Gasteiger partial charge < -0.3 is 0 Å². The van der Waals surface area contributed by atoms with Crippen LogP contribution in [0, 0.1) is 0 Å². The Labute approximate surface area is 283 Å². The molecule has 6 heteroatoms.